The third-order valence-corrected chi connectivity index (χ3v) is 6.90. The van der Waals surface area contributed by atoms with Gasteiger partial charge in [0.25, 0.3) is 15.9 Å². The summed E-state index contributed by atoms with van der Waals surface area (Å²) in [7, 11) is -3.96. The Hall–Kier alpha value is -2.65. The molecule has 1 aliphatic rings. The molecular weight excluding hydrogens is 431 g/mol. The molecule has 0 saturated carbocycles. The molecule has 1 heterocycles. The van der Waals surface area contributed by atoms with Crippen molar-refractivity contribution in [3.05, 3.63) is 53.8 Å². The second-order valence-electron chi connectivity index (χ2n) is 7.77. The predicted octanol–water partition coefficient (Wildman–Crippen LogP) is 3.30. The van der Waals surface area contributed by atoms with Gasteiger partial charge in [-0.05, 0) is 55.8 Å². The van der Waals surface area contributed by atoms with Crippen LogP contribution in [0.2, 0.25) is 0 Å². The lowest BCUT2D eigenvalue weighted by atomic mass is 10.1. The van der Waals surface area contributed by atoms with E-state index in [0.29, 0.717) is 30.0 Å². The van der Waals surface area contributed by atoms with Crippen LogP contribution in [-0.2, 0) is 10.0 Å². The molecule has 2 aromatic rings. The minimum Gasteiger partial charge on any atom is -0.367 e. The molecule has 0 unspecified atom stereocenters. The number of nitrogens with one attached hydrogen (secondary N) is 2. The molecule has 0 aromatic heterocycles. The fourth-order valence-electron chi connectivity index (χ4n) is 3.68. The fourth-order valence-corrected chi connectivity index (χ4v) is 4.75. The summed E-state index contributed by atoms with van der Waals surface area (Å²) in [5.41, 5.74) is 1.48. The molecule has 0 radical (unpaired) electrons. The van der Waals surface area contributed by atoms with Crippen molar-refractivity contribution in [3.63, 3.8) is 0 Å². The van der Waals surface area contributed by atoms with Gasteiger partial charge in [-0.2, -0.15) is 0 Å². The lowest BCUT2D eigenvalue weighted by Gasteiger charge is -2.31. The minimum atomic E-state index is -3.96. The normalized spacial score (nSPS) is 14.3. The third-order valence-electron chi connectivity index (χ3n) is 5.52. The van der Waals surface area contributed by atoms with E-state index in [2.05, 4.69) is 21.9 Å². The summed E-state index contributed by atoms with van der Waals surface area (Å²) >= 11 is 0. The third kappa shape index (κ3) is 5.77. The summed E-state index contributed by atoms with van der Waals surface area (Å²) in [6.45, 7) is 8.24. The first-order valence-electron chi connectivity index (χ1n) is 11.0. The van der Waals surface area contributed by atoms with Crippen LogP contribution < -0.4 is 14.9 Å². The van der Waals surface area contributed by atoms with E-state index < -0.39 is 15.8 Å². The number of halogens is 1. The van der Waals surface area contributed by atoms with Gasteiger partial charge in [-0.15, -0.1) is 0 Å². The Morgan fingerprint density at radius 3 is 2.44 bits per heavy atom. The molecule has 0 bridgehead atoms. The fraction of sp³-hybridized carbons (Fsp3) is 0.435. The number of unbranched alkanes of at least 4 members (excludes halogenated alkanes) is 1. The zero-order chi connectivity index (χ0) is 23.1. The summed E-state index contributed by atoms with van der Waals surface area (Å²) in [4.78, 5) is 16.9. The number of piperazine rings is 1. The van der Waals surface area contributed by atoms with Crippen LogP contribution in [0.3, 0.4) is 0 Å². The second kappa shape index (κ2) is 10.8. The van der Waals surface area contributed by atoms with Crippen LogP contribution in [0.4, 0.5) is 15.8 Å². The Morgan fingerprint density at radius 2 is 1.81 bits per heavy atom. The number of anilines is 2. The van der Waals surface area contributed by atoms with Gasteiger partial charge in [0.2, 0.25) is 0 Å². The number of hydrogen-bond acceptors (Lipinski definition) is 5. The average Bonchev–Trinajstić information content (AvgIpc) is 2.80. The van der Waals surface area contributed by atoms with Gasteiger partial charge < -0.3 is 15.1 Å². The number of carbonyl (C=O) groups is 1. The van der Waals surface area contributed by atoms with Crippen molar-refractivity contribution in [1.29, 1.82) is 0 Å². The maximum Gasteiger partial charge on any atom is 0.261 e. The Balaban J connectivity index is 1.97. The van der Waals surface area contributed by atoms with Gasteiger partial charge in [0.05, 0.1) is 16.3 Å². The van der Waals surface area contributed by atoms with Crippen molar-refractivity contribution in [2.24, 2.45) is 0 Å². The molecule has 1 amide bonds. The van der Waals surface area contributed by atoms with Gasteiger partial charge in [0.1, 0.15) is 5.82 Å². The molecular formula is C23H31FN4O3S. The van der Waals surface area contributed by atoms with Crippen molar-refractivity contribution in [2.75, 3.05) is 48.9 Å². The van der Waals surface area contributed by atoms with Gasteiger partial charge in [-0.1, -0.05) is 13.3 Å². The molecule has 0 atom stereocenters. The van der Waals surface area contributed by atoms with Crippen molar-refractivity contribution >= 4 is 27.3 Å². The Morgan fingerprint density at radius 1 is 1.12 bits per heavy atom. The lowest BCUT2D eigenvalue weighted by Crippen LogP contribution is -2.43. The van der Waals surface area contributed by atoms with Gasteiger partial charge >= 0.3 is 0 Å². The zero-order valence-corrected chi connectivity index (χ0v) is 19.4. The monoisotopic (exact) mass is 462 g/mol. The van der Waals surface area contributed by atoms with Crippen LogP contribution in [0.5, 0.6) is 0 Å². The van der Waals surface area contributed by atoms with Crippen LogP contribution in [-0.4, -0.2) is 58.5 Å². The highest BCUT2D eigenvalue weighted by Crippen LogP contribution is 2.30. The maximum absolute atomic E-state index is 13.3. The van der Waals surface area contributed by atoms with E-state index in [1.165, 1.54) is 12.1 Å². The lowest BCUT2D eigenvalue weighted by molar-refractivity contribution is 0.0762. The number of benzene rings is 2. The van der Waals surface area contributed by atoms with Crippen LogP contribution in [0, 0.1) is 5.82 Å². The number of amides is 1. The summed E-state index contributed by atoms with van der Waals surface area (Å²) in [6, 6.07) is 9.83. The summed E-state index contributed by atoms with van der Waals surface area (Å²) in [5, 5.41) is 3.28. The molecule has 2 aromatic carbocycles. The maximum atomic E-state index is 13.3. The van der Waals surface area contributed by atoms with Crippen molar-refractivity contribution in [2.45, 2.75) is 31.6 Å². The van der Waals surface area contributed by atoms with E-state index in [4.69, 9.17) is 0 Å². The van der Waals surface area contributed by atoms with Crippen LogP contribution in [0.15, 0.2) is 47.4 Å². The van der Waals surface area contributed by atoms with Crippen LogP contribution in [0.1, 0.15) is 37.0 Å². The summed E-state index contributed by atoms with van der Waals surface area (Å²) < 4.78 is 41.9. The van der Waals surface area contributed by atoms with Crippen molar-refractivity contribution in [3.8, 4) is 0 Å². The molecule has 174 valence electrons. The molecule has 0 aliphatic carbocycles. The quantitative estimate of drug-likeness (QED) is 0.598. The first-order chi connectivity index (χ1) is 15.4. The van der Waals surface area contributed by atoms with E-state index in [9.17, 15) is 17.6 Å². The molecule has 1 fully saturated rings. The largest absolute Gasteiger partial charge is 0.367 e. The molecule has 32 heavy (non-hydrogen) atoms. The molecule has 0 spiro atoms. The van der Waals surface area contributed by atoms with Crippen molar-refractivity contribution < 1.29 is 17.6 Å². The Kier molecular flexibility index (Phi) is 8.09. The highest BCUT2D eigenvalue weighted by Gasteiger charge is 2.22. The number of nitrogens with zero attached hydrogens (tertiary/aromatic N) is 2. The van der Waals surface area contributed by atoms with Crippen LogP contribution >= 0.6 is 0 Å². The molecule has 1 aliphatic heterocycles. The first-order valence-corrected chi connectivity index (χ1v) is 12.5. The predicted molar refractivity (Wildman–Crippen MR) is 125 cm³/mol. The minimum absolute atomic E-state index is 0.0416. The number of hydrogen-bond donors (Lipinski definition) is 2. The van der Waals surface area contributed by atoms with Gasteiger partial charge in [-0.25, -0.2) is 12.8 Å². The van der Waals surface area contributed by atoms with Crippen LogP contribution in [0.25, 0.3) is 0 Å². The summed E-state index contributed by atoms with van der Waals surface area (Å²) in [6.07, 6.45) is 1.89. The van der Waals surface area contributed by atoms with Gasteiger partial charge in [0, 0.05) is 44.8 Å². The molecule has 1 saturated heterocycles. The molecule has 9 heteroatoms. The van der Waals surface area contributed by atoms with E-state index >= 15 is 0 Å². The molecule has 7 nitrogen and oxygen atoms in total. The summed E-state index contributed by atoms with van der Waals surface area (Å²) in [5.74, 6) is -0.639. The standard InChI is InChI=1S/C23H31FN4O3S/c1-3-5-14-27(4-2)23(29)18-6-11-22(28-15-12-25-13-16-28)21(17-18)26-32(30,31)20-9-7-19(24)8-10-20/h6-11,17,25-26H,3-5,12-16H2,1-2H3. The van der Waals surface area contributed by atoms with E-state index in [-0.39, 0.29) is 10.8 Å². The number of rotatable bonds is 9. The highest BCUT2D eigenvalue weighted by molar-refractivity contribution is 7.92. The second-order valence-corrected chi connectivity index (χ2v) is 9.45. The van der Waals surface area contributed by atoms with E-state index in [0.717, 1.165) is 51.2 Å². The topological polar surface area (TPSA) is 81.8 Å². The highest BCUT2D eigenvalue weighted by atomic mass is 32.2. The van der Waals surface area contributed by atoms with Gasteiger partial charge in [0.15, 0.2) is 0 Å². The van der Waals surface area contributed by atoms with E-state index in [1.54, 1.807) is 23.1 Å². The van der Waals surface area contributed by atoms with Crippen molar-refractivity contribution in [1.82, 2.24) is 10.2 Å². The first kappa shape index (κ1) is 24.0. The Labute approximate surface area is 189 Å². The number of sulfonamides is 1. The molecule has 3 rings (SSSR count). The Bertz CT molecular complexity index is 1020. The molecule has 2 N–H and O–H groups in total. The SMILES string of the molecule is CCCCN(CC)C(=O)c1ccc(N2CCNCC2)c(NS(=O)(=O)c2ccc(F)cc2)c1. The average molecular weight is 463 g/mol. The van der Waals surface area contributed by atoms with Gasteiger partial charge in [-0.3, -0.25) is 9.52 Å². The van der Waals surface area contributed by atoms with E-state index in [1.807, 2.05) is 6.92 Å². The smallest absolute Gasteiger partial charge is 0.261 e. The zero-order valence-electron chi connectivity index (χ0n) is 18.6. The number of carbonyl (C=O) groups excluding carboxylic acids is 1.